The van der Waals surface area contributed by atoms with E-state index >= 15 is 0 Å². The molecule has 3 aromatic rings. The quantitative estimate of drug-likeness (QED) is 0.540. The van der Waals surface area contributed by atoms with Crippen LogP contribution in [0.4, 0.5) is 0 Å². The van der Waals surface area contributed by atoms with Crippen molar-refractivity contribution in [3.63, 3.8) is 0 Å². The van der Waals surface area contributed by atoms with Gasteiger partial charge in [0.25, 0.3) is 5.91 Å². The molecule has 0 bridgehead atoms. The van der Waals surface area contributed by atoms with Crippen molar-refractivity contribution >= 4 is 34.8 Å². The molecule has 0 saturated heterocycles. The average molecular weight is 370 g/mol. The Morgan fingerprint density at radius 2 is 1.60 bits per heavy atom. The first-order chi connectivity index (χ1) is 12.1. The lowest BCUT2D eigenvalue weighted by Gasteiger charge is -2.08. The highest BCUT2D eigenvalue weighted by atomic mass is 35.5. The predicted octanol–water partition coefficient (Wildman–Crippen LogP) is 4.57. The van der Waals surface area contributed by atoms with E-state index in [0.29, 0.717) is 16.3 Å². The number of amides is 1. The van der Waals surface area contributed by atoms with Gasteiger partial charge in [-0.25, -0.2) is 5.43 Å². The van der Waals surface area contributed by atoms with E-state index in [1.165, 1.54) is 6.07 Å². The largest absolute Gasteiger partial charge is 0.272 e. The Hall–Kier alpha value is -2.69. The van der Waals surface area contributed by atoms with Crippen molar-refractivity contribution in [2.75, 3.05) is 0 Å². The Bertz CT molecular complexity index is 871. The lowest BCUT2D eigenvalue weighted by Crippen LogP contribution is -2.21. The molecule has 4 nitrogen and oxygen atoms in total. The molecule has 0 radical (unpaired) electrons. The van der Waals surface area contributed by atoms with Crippen LogP contribution < -0.4 is 5.43 Å². The van der Waals surface area contributed by atoms with Crippen LogP contribution in [0.2, 0.25) is 10.0 Å². The number of nitrogens with one attached hydrogen (secondary N) is 1. The molecule has 1 aromatic heterocycles. The molecule has 0 aliphatic carbocycles. The first-order valence-corrected chi connectivity index (χ1v) is 8.19. The van der Waals surface area contributed by atoms with Crippen LogP contribution in [-0.2, 0) is 0 Å². The molecule has 0 unspecified atom stereocenters. The van der Waals surface area contributed by atoms with E-state index in [0.717, 1.165) is 11.1 Å². The van der Waals surface area contributed by atoms with Crippen molar-refractivity contribution in [1.29, 1.82) is 0 Å². The summed E-state index contributed by atoms with van der Waals surface area (Å²) in [5.41, 5.74) is 5.19. The van der Waals surface area contributed by atoms with Gasteiger partial charge in [0, 0.05) is 28.5 Å². The van der Waals surface area contributed by atoms with Gasteiger partial charge in [0.05, 0.1) is 16.3 Å². The maximum Gasteiger partial charge on any atom is 0.272 e. The summed E-state index contributed by atoms with van der Waals surface area (Å²) < 4.78 is 0. The summed E-state index contributed by atoms with van der Waals surface area (Å²) >= 11 is 11.9. The smallest absolute Gasteiger partial charge is 0.267 e. The summed E-state index contributed by atoms with van der Waals surface area (Å²) in [7, 11) is 0. The molecule has 2 aromatic carbocycles. The molecule has 124 valence electrons. The van der Waals surface area contributed by atoms with Gasteiger partial charge in [0.15, 0.2) is 0 Å². The van der Waals surface area contributed by atoms with Gasteiger partial charge in [0.1, 0.15) is 0 Å². The highest BCUT2D eigenvalue weighted by Gasteiger charge is 2.12. The topological polar surface area (TPSA) is 54.4 Å². The fourth-order valence-electron chi connectivity index (χ4n) is 2.24. The number of aromatic nitrogens is 1. The van der Waals surface area contributed by atoms with Crippen molar-refractivity contribution in [2.24, 2.45) is 5.10 Å². The van der Waals surface area contributed by atoms with Crippen LogP contribution in [0.3, 0.4) is 0 Å². The fourth-order valence-corrected chi connectivity index (χ4v) is 2.74. The number of hydrogen-bond acceptors (Lipinski definition) is 3. The molecule has 6 heteroatoms. The normalized spacial score (nSPS) is 11.2. The number of pyridine rings is 1. The van der Waals surface area contributed by atoms with Crippen molar-refractivity contribution < 1.29 is 4.79 Å². The number of carbonyl (C=O) groups is 1. The van der Waals surface area contributed by atoms with Crippen LogP contribution in [-0.4, -0.2) is 16.6 Å². The number of benzene rings is 2. The number of carbonyl (C=O) groups excluding carboxylic acids is 1. The number of hydrogen-bond donors (Lipinski definition) is 1. The highest BCUT2D eigenvalue weighted by molar-refractivity contribution is 6.36. The predicted molar refractivity (Wildman–Crippen MR) is 100 cm³/mol. The standard InChI is InChI=1S/C19H13Cl2N3O/c20-15-6-7-16(17(21)12-15)19(25)24-23-18(13-4-2-1-3-5-13)14-8-10-22-11-9-14/h1-12H,(H,24,25)/b23-18+. The van der Waals surface area contributed by atoms with E-state index in [1.807, 2.05) is 42.5 Å². The molecule has 1 N–H and O–H groups in total. The number of halogens is 2. The summed E-state index contributed by atoms with van der Waals surface area (Å²) in [4.78, 5) is 16.4. The zero-order chi connectivity index (χ0) is 17.6. The van der Waals surface area contributed by atoms with E-state index in [2.05, 4.69) is 15.5 Å². The van der Waals surface area contributed by atoms with Gasteiger partial charge in [-0.2, -0.15) is 5.10 Å². The van der Waals surface area contributed by atoms with E-state index in [9.17, 15) is 4.79 Å². The van der Waals surface area contributed by atoms with E-state index in [-0.39, 0.29) is 5.02 Å². The Kier molecular flexibility index (Phi) is 5.43. The maximum atomic E-state index is 12.4. The average Bonchev–Trinajstić information content (AvgIpc) is 2.63. The van der Waals surface area contributed by atoms with Crippen LogP contribution in [0, 0.1) is 0 Å². The number of hydrazone groups is 1. The summed E-state index contributed by atoms with van der Waals surface area (Å²) in [5, 5.41) is 5.04. The third-order valence-electron chi connectivity index (χ3n) is 3.45. The Balaban J connectivity index is 1.93. The minimum Gasteiger partial charge on any atom is -0.267 e. The molecule has 1 amide bonds. The van der Waals surface area contributed by atoms with Crippen LogP contribution in [0.5, 0.6) is 0 Å². The molecule has 0 fully saturated rings. The minimum atomic E-state index is -0.413. The van der Waals surface area contributed by atoms with Gasteiger partial charge >= 0.3 is 0 Å². The maximum absolute atomic E-state index is 12.4. The lowest BCUT2D eigenvalue weighted by molar-refractivity contribution is 0.0955. The summed E-state index contributed by atoms with van der Waals surface area (Å²) in [6, 6.07) is 17.9. The molecule has 0 spiro atoms. The van der Waals surface area contributed by atoms with Gasteiger partial charge in [-0.1, -0.05) is 53.5 Å². The summed E-state index contributed by atoms with van der Waals surface area (Å²) in [6.07, 6.45) is 3.34. The third kappa shape index (κ3) is 4.24. The van der Waals surface area contributed by atoms with Gasteiger partial charge in [-0.05, 0) is 30.3 Å². The van der Waals surface area contributed by atoms with Crippen LogP contribution in [0.25, 0.3) is 0 Å². The first kappa shape index (κ1) is 17.1. The second-order valence-corrected chi connectivity index (χ2v) is 5.97. The zero-order valence-corrected chi connectivity index (χ0v) is 14.5. The molecular weight excluding hydrogens is 357 g/mol. The molecule has 1 heterocycles. The molecular formula is C19H13Cl2N3O. The van der Waals surface area contributed by atoms with Crippen LogP contribution in [0.15, 0.2) is 78.2 Å². The number of rotatable bonds is 4. The van der Waals surface area contributed by atoms with Crippen molar-refractivity contribution in [2.45, 2.75) is 0 Å². The van der Waals surface area contributed by atoms with Crippen molar-refractivity contribution in [3.8, 4) is 0 Å². The molecule has 0 saturated carbocycles. The van der Waals surface area contributed by atoms with E-state index < -0.39 is 5.91 Å². The van der Waals surface area contributed by atoms with Crippen LogP contribution in [0.1, 0.15) is 21.5 Å². The fraction of sp³-hybridized carbons (Fsp3) is 0. The zero-order valence-electron chi connectivity index (χ0n) is 13.0. The third-order valence-corrected chi connectivity index (χ3v) is 3.99. The van der Waals surface area contributed by atoms with Gasteiger partial charge in [-0.3, -0.25) is 9.78 Å². The molecule has 3 rings (SSSR count). The highest BCUT2D eigenvalue weighted by Crippen LogP contribution is 2.21. The first-order valence-electron chi connectivity index (χ1n) is 7.44. The Morgan fingerprint density at radius 1 is 0.920 bits per heavy atom. The minimum absolute atomic E-state index is 0.269. The molecule has 0 aliphatic heterocycles. The Morgan fingerprint density at radius 3 is 2.28 bits per heavy atom. The van der Waals surface area contributed by atoms with E-state index in [1.54, 1.807) is 24.5 Å². The van der Waals surface area contributed by atoms with Gasteiger partial charge < -0.3 is 0 Å². The SMILES string of the molecule is O=C(N/N=C(\c1ccccc1)c1ccncc1)c1ccc(Cl)cc1Cl. The van der Waals surface area contributed by atoms with Gasteiger partial charge in [-0.15, -0.1) is 0 Å². The summed E-state index contributed by atoms with van der Waals surface area (Å²) in [5.74, 6) is -0.413. The second kappa shape index (κ2) is 7.92. The molecule has 0 aliphatic rings. The molecule has 0 atom stereocenters. The lowest BCUT2D eigenvalue weighted by atomic mass is 10.0. The monoisotopic (exact) mass is 369 g/mol. The molecule has 25 heavy (non-hydrogen) atoms. The van der Waals surface area contributed by atoms with Gasteiger partial charge in [0.2, 0.25) is 0 Å². The second-order valence-electron chi connectivity index (χ2n) is 5.13. The van der Waals surface area contributed by atoms with Crippen molar-refractivity contribution in [1.82, 2.24) is 10.4 Å². The number of nitrogens with zero attached hydrogens (tertiary/aromatic N) is 2. The Labute approximate surface area is 155 Å². The summed E-state index contributed by atoms with van der Waals surface area (Å²) in [6.45, 7) is 0. The van der Waals surface area contributed by atoms with Crippen molar-refractivity contribution in [3.05, 3.63) is 99.8 Å². The van der Waals surface area contributed by atoms with Crippen LogP contribution >= 0.6 is 23.2 Å². The van der Waals surface area contributed by atoms with E-state index in [4.69, 9.17) is 23.2 Å².